The normalized spacial score (nSPS) is 20.6. The maximum Gasteiger partial charge on any atom is 0.324 e. The average Bonchev–Trinajstić information content (AvgIpc) is 3.29. The maximum absolute atomic E-state index is 12.6. The van der Waals surface area contributed by atoms with Crippen LogP contribution in [0.2, 0.25) is 0 Å². The highest BCUT2D eigenvalue weighted by atomic mass is 16.5. The summed E-state index contributed by atoms with van der Waals surface area (Å²) >= 11 is 0. The summed E-state index contributed by atoms with van der Waals surface area (Å²) in [6, 6.07) is 3.66. The number of carbonyl (C=O) groups is 2. The van der Waals surface area contributed by atoms with Crippen molar-refractivity contribution < 1.29 is 19.9 Å². The van der Waals surface area contributed by atoms with Crippen molar-refractivity contribution in [3.63, 3.8) is 0 Å². The first-order chi connectivity index (χ1) is 14.1. The summed E-state index contributed by atoms with van der Waals surface area (Å²) in [5, 5.41) is 22.4. The molecule has 3 rings (SSSR count). The van der Waals surface area contributed by atoms with Crippen molar-refractivity contribution in [1.29, 1.82) is 0 Å². The van der Waals surface area contributed by atoms with Gasteiger partial charge in [-0.3, -0.25) is 25.1 Å². The standard InChI is InChI=1S/C22H31N3O4/c26-20(25-29)13-12-19-11-10-16(14-23-19)15-24-22(21(27)28,18-8-4-5-9-18)17-6-2-1-3-7-17/h10-14,17-18,24,29H,1-9,15H2,(H,25,26)(H,27,28)/b13-12+/t22-/m1/s1. The van der Waals surface area contributed by atoms with Gasteiger partial charge in [0.15, 0.2) is 0 Å². The highest BCUT2D eigenvalue weighted by Gasteiger charge is 2.51. The largest absolute Gasteiger partial charge is 0.480 e. The first kappa shape index (κ1) is 21.5. The van der Waals surface area contributed by atoms with Crippen LogP contribution in [0.4, 0.5) is 0 Å². The van der Waals surface area contributed by atoms with Crippen LogP contribution in [0.3, 0.4) is 0 Å². The minimum absolute atomic E-state index is 0.170. The molecule has 0 bridgehead atoms. The summed E-state index contributed by atoms with van der Waals surface area (Å²) in [4.78, 5) is 28.0. The lowest BCUT2D eigenvalue weighted by Gasteiger charge is -2.44. The lowest BCUT2D eigenvalue weighted by atomic mass is 9.67. The molecule has 2 aliphatic rings. The van der Waals surface area contributed by atoms with Gasteiger partial charge in [-0.2, -0.15) is 0 Å². The molecular weight excluding hydrogens is 370 g/mol. The molecule has 1 aromatic rings. The molecule has 1 atom stereocenters. The van der Waals surface area contributed by atoms with Crippen LogP contribution in [0.15, 0.2) is 24.4 Å². The number of aliphatic carboxylic acids is 1. The molecule has 2 saturated carbocycles. The lowest BCUT2D eigenvalue weighted by molar-refractivity contribution is -0.152. The topological polar surface area (TPSA) is 112 Å². The van der Waals surface area contributed by atoms with Gasteiger partial charge < -0.3 is 5.11 Å². The average molecular weight is 402 g/mol. The van der Waals surface area contributed by atoms with Gasteiger partial charge in [-0.25, -0.2) is 5.48 Å². The van der Waals surface area contributed by atoms with Crippen molar-refractivity contribution in [2.45, 2.75) is 69.9 Å². The number of hydrogen-bond acceptors (Lipinski definition) is 5. The summed E-state index contributed by atoms with van der Waals surface area (Å²) in [6.07, 6.45) is 13.9. The minimum Gasteiger partial charge on any atom is -0.480 e. The Labute approximate surface area is 171 Å². The van der Waals surface area contributed by atoms with E-state index in [1.54, 1.807) is 12.3 Å². The Morgan fingerprint density at radius 3 is 2.21 bits per heavy atom. The van der Waals surface area contributed by atoms with E-state index in [2.05, 4.69) is 10.3 Å². The molecule has 0 radical (unpaired) electrons. The van der Waals surface area contributed by atoms with E-state index in [1.165, 1.54) is 24.1 Å². The van der Waals surface area contributed by atoms with E-state index in [0.717, 1.165) is 56.9 Å². The Balaban J connectivity index is 1.75. The molecule has 2 aliphatic carbocycles. The summed E-state index contributed by atoms with van der Waals surface area (Å²) in [5.74, 6) is -0.981. The number of carbonyl (C=O) groups excluding carboxylic acids is 1. The first-order valence-electron chi connectivity index (χ1n) is 10.6. The molecule has 1 heterocycles. The third kappa shape index (κ3) is 5.03. The van der Waals surface area contributed by atoms with Gasteiger partial charge in [-0.05, 0) is 55.2 Å². The van der Waals surface area contributed by atoms with Gasteiger partial charge in [0.05, 0.1) is 5.69 Å². The summed E-state index contributed by atoms with van der Waals surface area (Å²) in [7, 11) is 0. The highest BCUT2D eigenvalue weighted by molar-refractivity contribution is 5.90. The number of carboxylic acids is 1. The van der Waals surface area contributed by atoms with Crippen molar-refractivity contribution in [2.75, 3.05) is 0 Å². The number of nitrogens with one attached hydrogen (secondary N) is 2. The Morgan fingerprint density at radius 2 is 1.69 bits per heavy atom. The fourth-order valence-corrected chi connectivity index (χ4v) is 5.07. The zero-order chi connectivity index (χ0) is 20.7. The van der Waals surface area contributed by atoms with E-state index >= 15 is 0 Å². The fraction of sp³-hybridized carbons (Fsp3) is 0.591. The minimum atomic E-state index is -0.866. The van der Waals surface area contributed by atoms with Gasteiger partial charge in [0.25, 0.3) is 5.91 Å². The molecule has 0 aromatic carbocycles. The lowest BCUT2D eigenvalue weighted by Crippen LogP contribution is -2.62. The van der Waals surface area contributed by atoms with Crippen molar-refractivity contribution >= 4 is 18.0 Å². The Kier molecular flexibility index (Phi) is 7.39. The Hall–Kier alpha value is -2.25. The summed E-state index contributed by atoms with van der Waals surface area (Å²) in [6.45, 7) is 0.452. The molecule has 158 valence electrons. The molecule has 7 nitrogen and oxygen atoms in total. The number of hydroxylamine groups is 1. The van der Waals surface area contributed by atoms with Crippen LogP contribution < -0.4 is 10.8 Å². The monoisotopic (exact) mass is 401 g/mol. The van der Waals surface area contributed by atoms with E-state index < -0.39 is 17.4 Å². The molecule has 7 heteroatoms. The molecule has 29 heavy (non-hydrogen) atoms. The quantitative estimate of drug-likeness (QED) is 0.302. The molecule has 2 fully saturated rings. The van der Waals surface area contributed by atoms with Crippen LogP contribution in [0, 0.1) is 11.8 Å². The smallest absolute Gasteiger partial charge is 0.324 e. The second-order valence-electron chi connectivity index (χ2n) is 8.24. The molecule has 1 amide bonds. The second kappa shape index (κ2) is 9.98. The van der Waals surface area contributed by atoms with Crippen LogP contribution in [0.25, 0.3) is 6.08 Å². The Bertz CT molecular complexity index is 722. The number of aromatic nitrogens is 1. The zero-order valence-electron chi connectivity index (χ0n) is 16.8. The molecule has 0 aliphatic heterocycles. The van der Waals surface area contributed by atoms with Crippen molar-refractivity contribution in [3.05, 3.63) is 35.7 Å². The van der Waals surface area contributed by atoms with E-state index in [9.17, 15) is 14.7 Å². The predicted molar refractivity (Wildman–Crippen MR) is 109 cm³/mol. The van der Waals surface area contributed by atoms with Gasteiger partial charge in [0, 0.05) is 18.8 Å². The van der Waals surface area contributed by atoms with E-state index in [0.29, 0.717) is 12.2 Å². The maximum atomic E-state index is 12.6. The molecular formula is C22H31N3O4. The Morgan fingerprint density at radius 1 is 1.07 bits per heavy atom. The van der Waals surface area contributed by atoms with Crippen molar-refractivity contribution in [2.24, 2.45) is 11.8 Å². The molecule has 4 N–H and O–H groups in total. The molecule has 0 unspecified atom stereocenters. The van der Waals surface area contributed by atoms with Gasteiger partial charge in [0.2, 0.25) is 0 Å². The van der Waals surface area contributed by atoms with Gasteiger partial charge >= 0.3 is 5.97 Å². The van der Waals surface area contributed by atoms with Crippen LogP contribution in [0.1, 0.15) is 69.0 Å². The number of rotatable bonds is 8. The fourth-order valence-electron chi connectivity index (χ4n) is 5.07. The summed E-state index contributed by atoms with van der Waals surface area (Å²) < 4.78 is 0. The number of pyridine rings is 1. The second-order valence-corrected chi connectivity index (χ2v) is 8.24. The van der Waals surface area contributed by atoms with Gasteiger partial charge in [-0.15, -0.1) is 0 Å². The van der Waals surface area contributed by atoms with Crippen LogP contribution in [0.5, 0.6) is 0 Å². The third-order valence-electron chi connectivity index (χ3n) is 6.55. The van der Waals surface area contributed by atoms with E-state index in [-0.39, 0.29) is 11.8 Å². The highest BCUT2D eigenvalue weighted by Crippen LogP contribution is 2.44. The first-order valence-corrected chi connectivity index (χ1v) is 10.6. The zero-order valence-corrected chi connectivity index (χ0v) is 16.8. The van der Waals surface area contributed by atoms with Gasteiger partial charge in [-0.1, -0.05) is 38.2 Å². The van der Waals surface area contributed by atoms with Gasteiger partial charge in [0.1, 0.15) is 5.54 Å². The third-order valence-corrected chi connectivity index (χ3v) is 6.55. The van der Waals surface area contributed by atoms with Crippen molar-refractivity contribution in [3.8, 4) is 0 Å². The summed E-state index contributed by atoms with van der Waals surface area (Å²) in [5.41, 5.74) is 2.16. The van der Waals surface area contributed by atoms with Crippen LogP contribution in [-0.2, 0) is 16.1 Å². The van der Waals surface area contributed by atoms with Crippen molar-refractivity contribution in [1.82, 2.24) is 15.8 Å². The molecule has 0 spiro atoms. The van der Waals surface area contributed by atoms with Crippen LogP contribution in [-0.4, -0.2) is 32.7 Å². The number of nitrogens with zero attached hydrogens (tertiary/aromatic N) is 1. The van der Waals surface area contributed by atoms with E-state index in [4.69, 9.17) is 5.21 Å². The van der Waals surface area contributed by atoms with Crippen LogP contribution >= 0.6 is 0 Å². The number of carboxylic acid groups (broad SMARTS) is 1. The predicted octanol–water partition coefficient (Wildman–Crippen LogP) is 3.28. The number of hydrogen-bond donors (Lipinski definition) is 4. The molecule has 1 aromatic heterocycles. The molecule has 0 saturated heterocycles. The number of amides is 1. The van der Waals surface area contributed by atoms with E-state index in [1.807, 2.05) is 6.07 Å². The SMILES string of the molecule is O=C(/C=C/c1ccc(CN[C@](C(=O)O)(C2CCCCC2)C2CCCC2)cn1)NO.